The molecule has 0 aliphatic rings. The minimum Gasteiger partial charge on any atom is -0.467 e. The molecule has 0 saturated carbocycles. The van der Waals surface area contributed by atoms with Gasteiger partial charge in [0.2, 0.25) is 0 Å². The van der Waals surface area contributed by atoms with Crippen molar-refractivity contribution in [1.29, 1.82) is 0 Å². The first kappa shape index (κ1) is 13.0. The second-order valence-electron chi connectivity index (χ2n) is 4.43. The van der Waals surface area contributed by atoms with Crippen molar-refractivity contribution in [2.24, 2.45) is 5.73 Å². The molecule has 0 aliphatic carbocycles. The van der Waals surface area contributed by atoms with E-state index < -0.39 is 0 Å². The molecule has 0 aliphatic heterocycles. The maximum absolute atomic E-state index is 6.28. The van der Waals surface area contributed by atoms with Crippen LogP contribution in [-0.4, -0.2) is 7.05 Å². The molecule has 2 N–H and O–H groups in total. The van der Waals surface area contributed by atoms with E-state index in [2.05, 4.69) is 0 Å². The average Bonchev–Trinajstić information content (AvgIpc) is 2.81. The van der Waals surface area contributed by atoms with Crippen molar-refractivity contribution < 1.29 is 4.42 Å². The topological polar surface area (TPSA) is 42.4 Å². The minimum absolute atomic E-state index is 0.00747. The Balaban J connectivity index is 2.17. The number of hydrogen-bond donors (Lipinski definition) is 1. The molecule has 0 spiro atoms. The third-order valence-corrected chi connectivity index (χ3v) is 3.18. The van der Waals surface area contributed by atoms with E-state index in [1.165, 1.54) is 0 Å². The number of halogens is 1. The molecule has 18 heavy (non-hydrogen) atoms. The summed E-state index contributed by atoms with van der Waals surface area (Å²) in [6.45, 7) is 2.63. The van der Waals surface area contributed by atoms with Crippen LogP contribution in [0.1, 0.15) is 24.3 Å². The highest BCUT2D eigenvalue weighted by Gasteiger charge is 2.10. The number of nitrogens with zero attached hydrogens (tertiary/aromatic N) is 1. The highest BCUT2D eigenvalue weighted by Crippen LogP contribution is 2.28. The van der Waals surface area contributed by atoms with Crippen LogP contribution < -0.4 is 10.6 Å². The molecule has 0 bridgehead atoms. The van der Waals surface area contributed by atoms with Crippen LogP contribution in [0.5, 0.6) is 0 Å². The highest BCUT2D eigenvalue weighted by molar-refractivity contribution is 6.33. The number of furan rings is 1. The Morgan fingerprint density at radius 2 is 2.17 bits per heavy atom. The number of rotatable bonds is 4. The summed E-state index contributed by atoms with van der Waals surface area (Å²) >= 11 is 6.28. The van der Waals surface area contributed by atoms with Crippen molar-refractivity contribution in [3.63, 3.8) is 0 Å². The predicted molar refractivity (Wildman–Crippen MR) is 74.9 cm³/mol. The van der Waals surface area contributed by atoms with Crippen LogP contribution in [0, 0.1) is 0 Å². The normalized spacial score (nSPS) is 12.4. The van der Waals surface area contributed by atoms with Gasteiger partial charge in [-0.3, -0.25) is 0 Å². The first-order chi connectivity index (χ1) is 8.58. The molecule has 2 aromatic rings. The number of hydrogen-bond acceptors (Lipinski definition) is 3. The average molecular weight is 265 g/mol. The van der Waals surface area contributed by atoms with Crippen LogP contribution in [-0.2, 0) is 6.54 Å². The molecule has 1 aromatic heterocycles. The fourth-order valence-electron chi connectivity index (χ4n) is 1.84. The Hall–Kier alpha value is -1.45. The number of nitrogens with two attached hydrogens (primary N) is 1. The fraction of sp³-hybridized carbons (Fsp3) is 0.286. The molecule has 0 amide bonds. The number of benzene rings is 1. The summed E-state index contributed by atoms with van der Waals surface area (Å²) in [4.78, 5) is 2.05. The van der Waals surface area contributed by atoms with Gasteiger partial charge in [-0.2, -0.15) is 0 Å². The molecular formula is C14H17ClN2O. The van der Waals surface area contributed by atoms with Crippen LogP contribution >= 0.6 is 11.6 Å². The van der Waals surface area contributed by atoms with Gasteiger partial charge in [0.05, 0.1) is 23.5 Å². The summed E-state index contributed by atoms with van der Waals surface area (Å²) < 4.78 is 5.32. The maximum atomic E-state index is 6.28. The Bertz CT molecular complexity index is 509. The summed E-state index contributed by atoms with van der Waals surface area (Å²) in [6.07, 6.45) is 1.67. The van der Waals surface area contributed by atoms with Gasteiger partial charge in [-0.05, 0) is 36.8 Å². The van der Waals surface area contributed by atoms with Crippen LogP contribution in [0.4, 0.5) is 5.69 Å². The second kappa shape index (κ2) is 5.46. The van der Waals surface area contributed by atoms with E-state index in [9.17, 15) is 0 Å². The second-order valence-corrected chi connectivity index (χ2v) is 4.84. The molecule has 0 fully saturated rings. The zero-order valence-corrected chi connectivity index (χ0v) is 11.3. The minimum atomic E-state index is -0.00747. The van der Waals surface area contributed by atoms with Gasteiger partial charge in [0.25, 0.3) is 0 Å². The quantitative estimate of drug-likeness (QED) is 0.918. The van der Waals surface area contributed by atoms with E-state index in [1.807, 2.05) is 49.2 Å². The van der Waals surface area contributed by atoms with Gasteiger partial charge in [0, 0.05) is 13.1 Å². The van der Waals surface area contributed by atoms with Gasteiger partial charge in [0.15, 0.2) is 0 Å². The van der Waals surface area contributed by atoms with E-state index in [4.69, 9.17) is 21.8 Å². The summed E-state index contributed by atoms with van der Waals surface area (Å²) in [5.74, 6) is 0.907. The van der Waals surface area contributed by atoms with E-state index in [0.29, 0.717) is 11.6 Å². The highest BCUT2D eigenvalue weighted by atomic mass is 35.5. The van der Waals surface area contributed by atoms with Gasteiger partial charge in [0.1, 0.15) is 5.76 Å². The molecule has 3 nitrogen and oxygen atoms in total. The summed E-state index contributed by atoms with van der Waals surface area (Å²) in [5, 5.41) is 0.707. The van der Waals surface area contributed by atoms with Gasteiger partial charge < -0.3 is 15.1 Å². The van der Waals surface area contributed by atoms with Gasteiger partial charge in [-0.25, -0.2) is 0 Å². The molecule has 0 radical (unpaired) electrons. The van der Waals surface area contributed by atoms with Crippen molar-refractivity contribution in [3.05, 3.63) is 52.9 Å². The SMILES string of the molecule is C[C@@H](N)c1ccc(N(C)Cc2ccco2)c(Cl)c1. The third-order valence-electron chi connectivity index (χ3n) is 2.88. The Morgan fingerprint density at radius 3 is 2.72 bits per heavy atom. The van der Waals surface area contributed by atoms with Crippen LogP contribution in [0.15, 0.2) is 41.0 Å². The Morgan fingerprint density at radius 1 is 1.39 bits per heavy atom. The molecule has 1 heterocycles. The molecular weight excluding hydrogens is 248 g/mol. The lowest BCUT2D eigenvalue weighted by molar-refractivity contribution is 0.507. The lowest BCUT2D eigenvalue weighted by Crippen LogP contribution is -2.16. The molecule has 0 unspecified atom stereocenters. The van der Waals surface area contributed by atoms with E-state index in [-0.39, 0.29) is 6.04 Å². The standard InChI is InChI=1S/C14H17ClN2O/c1-10(16)11-5-6-14(13(15)8-11)17(2)9-12-4-3-7-18-12/h3-8,10H,9,16H2,1-2H3/t10-/m1/s1. The molecule has 2 rings (SSSR count). The summed E-state index contributed by atoms with van der Waals surface area (Å²) in [5.41, 5.74) is 7.84. The molecule has 0 saturated heterocycles. The van der Waals surface area contributed by atoms with Crippen LogP contribution in [0.25, 0.3) is 0 Å². The van der Waals surface area contributed by atoms with Crippen molar-refractivity contribution in [1.82, 2.24) is 0 Å². The van der Waals surface area contributed by atoms with Crippen molar-refractivity contribution in [2.75, 3.05) is 11.9 Å². The lowest BCUT2D eigenvalue weighted by Gasteiger charge is -2.20. The monoisotopic (exact) mass is 264 g/mol. The van der Waals surface area contributed by atoms with Crippen molar-refractivity contribution >= 4 is 17.3 Å². The fourth-order valence-corrected chi connectivity index (χ4v) is 2.17. The predicted octanol–water partition coefficient (Wildman–Crippen LogP) is 3.59. The zero-order valence-electron chi connectivity index (χ0n) is 10.6. The Labute approximate surface area is 112 Å². The van der Waals surface area contributed by atoms with Gasteiger partial charge in [-0.1, -0.05) is 17.7 Å². The van der Waals surface area contributed by atoms with E-state index in [1.54, 1.807) is 6.26 Å². The van der Waals surface area contributed by atoms with Crippen LogP contribution in [0.2, 0.25) is 5.02 Å². The smallest absolute Gasteiger partial charge is 0.123 e. The van der Waals surface area contributed by atoms with Crippen molar-refractivity contribution in [2.45, 2.75) is 19.5 Å². The van der Waals surface area contributed by atoms with E-state index in [0.717, 1.165) is 17.0 Å². The van der Waals surface area contributed by atoms with E-state index >= 15 is 0 Å². The zero-order chi connectivity index (χ0) is 13.1. The van der Waals surface area contributed by atoms with Crippen molar-refractivity contribution in [3.8, 4) is 0 Å². The van der Waals surface area contributed by atoms with Gasteiger partial charge in [-0.15, -0.1) is 0 Å². The van der Waals surface area contributed by atoms with Crippen LogP contribution in [0.3, 0.4) is 0 Å². The molecule has 4 heteroatoms. The summed E-state index contributed by atoms with van der Waals surface area (Å²) in [7, 11) is 1.98. The summed E-state index contributed by atoms with van der Waals surface area (Å²) in [6, 6.07) is 9.73. The lowest BCUT2D eigenvalue weighted by atomic mass is 10.1. The maximum Gasteiger partial charge on any atom is 0.123 e. The first-order valence-corrected chi connectivity index (χ1v) is 6.24. The first-order valence-electron chi connectivity index (χ1n) is 5.86. The molecule has 1 atom stereocenters. The largest absolute Gasteiger partial charge is 0.467 e. The molecule has 96 valence electrons. The Kier molecular flexibility index (Phi) is 3.94. The number of anilines is 1. The third kappa shape index (κ3) is 2.86. The molecule has 1 aromatic carbocycles. The van der Waals surface area contributed by atoms with Gasteiger partial charge >= 0.3 is 0 Å².